The van der Waals surface area contributed by atoms with Crippen LogP contribution in [0.25, 0.3) is 10.9 Å². The molecular formula is C14H18N2O. The van der Waals surface area contributed by atoms with E-state index >= 15 is 0 Å². The van der Waals surface area contributed by atoms with Crippen molar-refractivity contribution in [3.8, 4) is 0 Å². The van der Waals surface area contributed by atoms with Crippen LogP contribution < -0.4 is 5.32 Å². The number of aryl methyl sites for hydroxylation is 1. The average Bonchev–Trinajstić information content (AvgIpc) is 2.86. The smallest absolute Gasteiger partial charge is 0.0824 e. The molecule has 1 aliphatic rings. The minimum absolute atomic E-state index is 0.565. The van der Waals surface area contributed by atoms with Crippen LogP contribution in [0.1, 0.15) is 12.0 Å². The fourth-order valence-corrected chi connectivity index (χ4v) is 2.80. The first kappa shape index (κ1) is 10.8. The molecule has 1 aliphatic heterocycles. The molecule has 0 amide bonds. The largest absolute Gasteiger partial charge is 0.388 e. The summed E-state index contributed by atoms with van der Waals surface area (Å²) in [6.07, 6.45) is 3.72. The van der Waals surface area contributed by atoms with E-state index < -0.39 is 5.60 Å². The third-order valence-corrected chi connectivity index (χ3v) is 3.72. The van der Waals surface area contributed by atoms with Gasteiger partial charge in [-0.05, 0) is 24.6 Å². The first-order chi connectivity index (χ1) is 8.18. The summed E-state index contributed by atoms with van der Waals surface area (Å²) < 4.78 is 2.14. The van der Waals surface area contributed by atoms with E-state index in [-0.39, 0.29) is 0 Å². The van der Waals surface area contributed by atoms with Gasteiger partial charge >= 0.3 is 0 Å². The highest BCUT2D eigenvalue weighted by atomic mass is 16.3. The highest BCUT2D eigenvalue weighted by Crippen LogP contribution is 2.27. The van der Waals surface area contributed by atoms with Gasteiger partial charge in [0, 0.05) is 37.1 Å². The van der Waals surface area contributed by atoms with Gasteiger partial charge in [-0.15, -0.1) is 0 Å². The van der Waals surface area contributed by atoms with Crippen molar-refractivity contribution >= 4 is 10.9 Å². The molecule has 1 unspecified atom stereocenters. The third-order valence-electron chi connectivity index (χ3n) is 3.72. The lowest BCUT2D eigenvalue weighted by Crippen LogP contribution is -2.33. The highest BCUT2D eigenvalue weighted by Gasteiger charge is 2.31. The molecule has 0 bridgehead atoms. The normalized spacial score (nSPS) is 24.6. The number of benzene rings is 1. The van der Waals surface area contributed by atoms with Crippen molar-refractivity contribution in [2.45, 2.75) is 18.4 Å². The van der Waals surface area contributed by atoms with Crippen molar-refractivity contribution in [3.05, 3.63) is 36.0 Å². The standard InChI is InChI=1S/C14H18N2O/c1-16-9-11(8-14(17)6-7-15-10-14)12-4-2-3-5-13(12)16/h2-5,9,15,17H,6-8,10H2,1H3. The van der Waals surface area contributed by atoms with Gasteiger partial charge in [-0.1, -0.05) is 18.2 Å². The lowest BCUT2D eigenvalue weighted by Gasteiger charge is -2.20. The molecule has 1 aromatic heterocycles. The molecular weight excluding hydrogens is 212 g/mol. The molecule has 2 N–H and O–H groups in total. The van der Waals surface area contributed by atoms with Crippen molar-refractivity contribution in [2.75, 3.05) is 13.1 Å². The molecule has 0 radical (unpaired) electrons. The topological polar surface area (TPSA) is 37.2 Å². The van der Waals surface area contributed by atoms with Crippen LogP contribution in [0.5, 0.6) is 0 Å². The Bertz CT molecular complexity index is 538. The average molecular weight is 230 g/mol. The van der Waals surface area contributed by atoms with E-state index in [1.165, 1.54) is 16.5 Å². The Hall–Kier alpha value is -1.32. The van der Waals surface area contributed by atoms with Crippen molar-refractivity contribution < 1.29 is 5.11 Å². The van der Waals surface area contributed by atoms with Crippen molar-refractivity contribution in [3.63, 3.8) is 0 Å². The van der Waals surface area contributed by atoms with Gasteiger partial charge in [-0.25, -0.2) is 0 Å². The molecule has 0 spiro atoms. The van der Waals surface area contributed by atoms with Crippen LogP contribution in [0.2, 0.25) is 0 Å². The van der Waals surface area contributed by atoms with Gasteiger partial charge in [0.05, 0.1) is 5.60 Å². The second-order valence-electron chi connectivity index (χ2n) is 5.11. The Morgan fingerprint density at radius 2 is 2.24 bits per heavy atom. The molecule has 2 aromatic rings. The fourth-order valence-electron chi connectivity index (χ4n) is 2.80. The van der Waals surface area contributed by atoms with Crippen LogP contribution in [0.4, 0.5) is 0 Å². The molecule has 3 nitrogen and oxygen atoms in total. The molecule has 3 rings (SSSR count). The first-order valence-electron chi connectivity index (χ1n) is 6.14. The van der Waals surface area contributed by atoms with Crippen LogP contribution in [-0.4, -0.2) is 28.4 Å². The van der Waals surface area contributed by atoms with E-state index in [4.69, 9.17) is 0 Å². The zero-order valence-corrected chi connectivity index (χ0v) is 10.1. The summed E-state index contributed by atoms with van der Waals surface area (Å²) in [5.74, 6) is 0. The lowest BCUT2D eigenvalue weighted by molar-refractivity contribution is 0.0622. The maximum Gasteiger partial charge on any atom is 0.0824 e. The van der Waals surface area contributed by atoms with Gasteiger partial charge < -0.3 is 15.0 Å². The second kappa shape index (κ2) is 3.86. The number of nitrogens with zero attached hydrogens (tertiary/aromatic N) is 1. The van der Waals surface area contributed by atoms with Crippen molar-refractivity contribution in [2.24, 2.45) is 7.05 Å². The van der Waals surface area contributed by atoms with Gasteiger partial charge in [0.25, 0.3) is 0 Å². The van der Waals surface area contributed by atoms with E-state index in [1.54, 1.807) is 0 Å². The fraction of sp³-hybridized carbons (Fsp3) is 0.429. The summed E-state index contributed by atoms with van der Waals surface area (Å²) in [6, 6.07) is 8.37. The molecule has 1 fully saturated rings. The Morgan fingerprint density at radius 1 is 1.41 bits per heavy atom. The molecule has 0 aliphatic carbocycles. The van der Waals surface area contributed by atoms with Gasteiger partial charge in [0.15, 0.2) is 0 Å². The predicted octanol–water partition coefficient (Wildman–Crippen LogP) is 1.45. The van der Waals surface area contributed by atoms with E-state index in [0.717, 1.165) is 19.4 Å². The number of β-amino-alcohol motifs (C(OH)–C–C–N with tert-alkyl or cyclic N) is 1. The molecule has 90 valence electrons. The van der Waals surface area contributed by atoms with Crippen LogP contribution in [0, 0.1) is 0 Å². The predicted molar refractivity (Wildman–Crippen MR) is 69.1 cm³/mol. The number of hydrogen-bond acceptors (Lipinski definition) is 2. The second-order valence-corrected chi connectivity index (χ2v) is 5.11. The molecule has 1 aromatic carbocycles. The summed E-state index contributed by atoms with van der Waals surface area (Å²) in [6.45, 7) is 1.62. The van der Waals surface area contributed by atoms with E-state index in [9.17, 15) is 5.11 Å². The summed E-state index contributed by atoms with van der Waals surface area (Å²) in [5, 5.41) is 14.9. The van der Waals surface area contributed by atoms with Gasteiger partial charge in [0.1, 0.15) is 0 Å². The van der Waals surface area contributed by atoms with Gasteiger partial charge in [0.2, 0.25) is 0 Å². The minimum atomic E-state index is -0.565. The maximum absolute atomic E-state index is 10.4. The summed E-state index contributed by atoms with van der Waals surface area (Å²) in [4.78, 5) is 0. The van der Waals surface area contributed by atoms with Crippen LogP contribution in [0.3, 0.4) is 0 Å². The monoisotopic (exact) mass is 230 g/mol. The SMILES string of the molecule is Cn1cc(CC2(O)CCNC2)c2ccccc21. The minimum Gasteiger partial charge on any atom is -0.388 e. The zero-order chi connectivity index (χ0) is 11.9. The number of hydrogen-bond donors (Lipinski definition) is 2. The Kier molecular flexibility index (Phi) is 2.45. The Morgan fingerprint density at radius 3 is 3.00 bits per heavy atom. The van der Waals surface area contributed by atoms with Crippen molar-refractivity contribution in [1.82, 2.24) is 9.88 Å². The van der Waals surface area contributed by atoms with Crippen LogP contribution in [0.15, 0.2) is 30.5 Å². The Balaban J connectivity index is 2.00. The molecule has 2 heterocycles. The number of aromatic nitrogens is 1. The molecule has 1 atom stereocenters. The molecule has 0 saturated carbocycles. The summed E-state index contributed by atoms with van der Waals surface area (Å²) in [7, 11) is 2.06. The number of nitrogens with one attached hydrogen (secondary N) is 1. The Labute approximate surface area is 101 Å². The zero-order valence-electron chi connectivity index (χ0n) is 10.1. The lowest BCUT2D eigenvalue weighted by atomic mass is 9.93. The maximum atomic E-state index is 10.4. The molecule has 1 saturated heterocycles. The highest BCUT2D eigenvalue weighted by molar-refractivity contribution is 5.84. The van der Waals surface area contributed by atoms with Gasteiger partial charge in [-0.3, -0.25) is 0 Å². The van der Waals surface area contributed by atoms with Gasteiger partial charge in [-0.2, -0.15) is 0 Å². The number of aliphatic hydroxyl groups is 1. The first-order valence-corrected chi connectivity index (χ1v) is 6.14. The summed E-state index contributed by atoms with van der Waals surface area (Å²) >= 11 is 0. The van der Waals surface area contributed by atoms with E-state index in [2.05, 4.69) is 47.4 Å². The number of rotatable bonds is 2. The van der Waals surface area contributed by atoms with Crippen LogP contribution >= 0.6 is 0 Å². The van der Waals surface area contributed by atoms with Crippen molar-refractivity contribution in [1.29, 1.82) is 0 Å². The molecule has 3 heteroatoms. The third kappa shape index (κ3) is 1.85. The quantitative estimate of drug-likeness (QED) is 0.819. The van der Waals surface area contributed by atoms with E-state index in [1.807, 2.05) is 0 Å². The summed E-state index contributed by atoms with van der Waals surface area (Å²) in [5.41, 5.74) is 1.91. The number of para-hydroxylation sites is 1. The number of fused-ring (bicyclic) bond motifs is 1. The molecule has 17 heavy (non-hydrogen) atoms. The van der Waals surface area contributed by atoms with Crippen LogP contribution in [-0.2, 0) is 13.5 Å². The van der Waals surface area contributed by atoms with E-state index in [0.29, 0.717) is 6.54 Å².